The first-order valence-electron chi connectivity index (χ1n) is 6.70. The van der Waals surface area contributed by atoms with Crippen molar-refractivity contribution in [3.05, 3.63) is 39.8 Å². The SMILES string of the molecule is CC(C)CC(=O)NN1C(=O)/C(=C/c2ccc(Cl)cc2)SC1=S. The monoisotopic (exact) mass is 354 g/mol. The quantitative estimate of drug-likeness (QED) is 0.662. The van der Waals surface area contributed by atoms with Gasteiger partial charge in [0.05, 0.1) is 4.91 Å². The third-order valence-electron chi connectivity index (χ3n) is 2.79. The summed E-state index contributed by atoms with van der Waals surface area (Å²) in [4.78, 5) is 24.6. The van der Waals surface area contributed by atoms with Crippen molar-refractivity contribution in [2.75, 3.05) is 0 Å². The van der Waals surface area contributed by atoms with Crippen LogP contribution >= 0.6 is 35.6 Å². The van der Waals surface area contributed by atoms with Crippen LogP contribution in [0, 0.1) is 5.92 Å². The zero-order valence-electron chi connectivity index (χ0n) is 12.1. The maximum Gasteiger partial charge on any atom is 0.285 e. The van der Waals surface area contributed by atoms with E-state index in [0.717, 1.165) is 22.3 Å². The molecule has 22 heavy (non-hydrogen) atoms. The first-order valence-corrected chi connectivity index (χ1v) is 8.30. The molecule has 7 heteroatoms. The van der Waals surface area contributed by atoms with Crippen LogP contribution in [0.25, 0.3) is 6.08 Å². The topological polar surface area (TPSA) is 49.4 Å². The number of thiocarbonyl (C=S) groups is 1. The molecule has 1 saturated heterocycles. The molecule has 0 spiro atoms. The number of rotatable bonds is 4. The van der Waals surface area contributed by atoms with Crippen molar-refractivity contribution in [2.45, 2.75) is 20.3 Å². The van der Waals surface area contributed by atoms with Crippen LogP contribution in [0.5, 0.6) is 0 Å². The summed E-state index contributed by atoms with van der Waals surface area (Å²) in [5.74, 6) is -0.330. The molecular formula is C15H15ClN2O2S2. The molecule has 1 heterocycles. The first kappa shape index (κ1) is 17.0. The van der Waals surface area contributed by atoms with E-state index in [1.807, 2.05) is 26.0 Å². The Morgan fingerprint density at radius 3 is 2.64 bits per heavy atom. The number of amides is 2. The molecular weight excluding hydrogens is 340 g/mol. The van der Waals surface area contributed by atoms with Gasteiger partial charge in [0, 0.05) is 11.4 Å². The van der Waals surface area contributed by atoms with Crippen molar-refractivity contribution in [2.24, 2.45) is 5.92 Å². The zero-order chi connectivity index (χ0) is 16.3. The number of nitrogens with zero attached hydrogens (tertiary/aromatic N) is 1. The number of hydrogen-bond acceptors (Lipinski definition) is 4. The van der Waals surface area contributed by atoms with Crippen LogP contribution in [-0.4, -0.2) is 21.1 Å². The van der Waals surface area contributed by atoms with Crippen LogP contribution in [0.15, 0.2) is 29.2 Å². The van der Waals surface area contributed by atoms with Gasteiger partial charge in [-0.25, -0.2) is 0 Å². The second-order valence-corrected chi connectivity index (χ2v) is 7.31. The molecule has 1 aliphatic rings. The Labute approximate surface area is 143 Å². The van der Waals surface area contributed by atoms with Gasteiger partial charge >= 0.3 is 0 Å². The Kier molecular flexibility index (Phi) is 5.61. The minimum absolute atomic E-state index is 0.211. The van der Waals surface area contributed by atoms with Crippen LogP contribution in [-0.2, 0) is 9.59 Å². The molecule has 1 aromatic carbocycles. The number of nitrogens with one attached hydrogen (secondary N) is 1. The van der Waals surface area contributed by atoms with E-state index < -0.39 is 0 Å². The normalized spacial score (nSPS) is 16.7. The molecule has 2 amide bonds. The predicted molar refractivity (Wildman–Crippen MR) is 94.1 cm³/mol. The summed E-state index contributed by atoms with van der Waals surface area (Å²) in [5, 5.41) is 1.76. The summed E-state index contributed by atoms with van der Waals surface area (Å²) in [7, 11) is 0. The largest absolute Gasteiger partial charge is 0.285 e. The molecule has 4 nitrogen and oxygen atoms in total. The summed E-state index contributed by atoms with van der Waals surface area (Å²) in [6.07, 6.45) is 2.07. The van der Waals surface area contributed by atoms with Crippen LogP contribution in [0.3, 0.4) is 0 Å². The molecule has 116 valence electrons. The Balaban J connectivity index is 2.11. The van der Waals surface area contributed by atoms with Gasteiger partial charge in [-0.1, -0.05) is 49.3 Å². The van der Waals surface area contributed by atoms with Gasteiger partial charge in [0.2, 0.25) is 5.91 Å². The number of halogens is 1. The number of hydrazine groups is 1. The lowest BCUT2D eigenvalue weighted by molar-refractivity contribution is -0.133. The Morgan fingerprint density at radius 1 is 1.41 bits per heavy atom. The minimum atomic E-state index is -0.318. The van der Waals surface area contributed by atoms with Gasteiger partial charge in [0.15, 0.2) is 4.32 Å². The highest BCUT2D eigenvalue weighted by Gasteiger charge is 2.33. The van der Waals surface area contributed by atoms with Crippen LogP contribution in [0.4, 0.5) is 0 Å². The average molecular weight is 355 g/mol. The van der Waals surface area contributed by atoms with Gasteiger partial charge in [-0.05, 0) is 41.9 Å². The highest BCUT2D eigenvalue weighted by atomic mass is 35.5. The fourth-order valence-corrected chi connectivity index (χ4v) is 3.12. The summed E-state index contributed by atoms with van der Waals surface area (Å²) in [6.45, 7) is 3.87. The van der Waals surface area contributed by atoms with Gasteiger partial charge in [-0.3, -0.25) is 15.0 Å². The molecule has 1 N–H and O–H groups in total. The molecule has 0 atom stereocenters. The van der Waals surface area contributed by atoms with Gasteiger partial charge < -0.3 is 0 Å². The van der Waals surface area contributed by atoms with Gasteiger partial charge in [-0.2, -0.15) is 5.01 Å². The fraction of sp³-hybridized carbons (Fsp3) is 0.267. The summed E-state index contributed by atoms with van der Waals surface area (Å²) < 4.78 is 0.322. The van der Waals surface area contributed by atoms with Crippen molar-refractivity contribution in [3.63, 3.8) is 0 Å². The molecule has 0 unspecified atom stereocenters. The molecule has 0 aromatic heterocycles. The number of benzene rings is 1. The number of carbonyl (C=O) groups is 2. The molecule has 0 bridgehead atoms. The average Bonchev–Trinajstić information content (AvgIpc) is 2.68. The van der Waals surface area contributed by atoms with Crippen LogP contribution in [0.1, 0.15) is 25.8 Å². The summed E-state index contributed by atoms with van der Waals surface area (Å²) >= 11 is 12.2. The van der Waals surface area contributed by atoms with E-state index in [1.54, 1.807) is 18.2 Å². The van der Waals surface area contributed by atoms with Gasteiger partial charge in [-0.15, -0.1) is 0 Å². The fourth-order valence-electron chi connectivity index (χ4n) is 1.82. The molecule has 0 radical (unpaired) electrons. The lowest BCUT2D eigenvalue weighted by Crippen LogP contribution is -2.45. The smallest absolute Gasteiger partial charge is 0.273 e. The lowest BCUT2D eigenvalue weighted by atomic mass is 10.1. The van der Waals surface area contributed by atoms with E-state index in [9.17, 15) is 9.59 Å². The molecule has 1 aliphatic heterocycles. The number of hydrogen-bond donors (Lipinski definition) is 1. The van der Waals surface area contributed by atoms with Crippen LogP contribution in [0.2, 0.25) is 5.02 Å². The third-order valence-corrected chi connectivity index (χ3v) is 4.35. The van der Waals surface area contributed by atoms with E-state index in [1.165, 1.54) is 0 Å². The minimum Gasteiger partial charge on any atom is -0.273 e. The van der Waals surface area contributed by atoms with Crippen molar-refractivity contribution in [3.8, 4) is 0 Å². The maximum atomic E-state index is 12.3. The highest BCUT2D eigenvalue weighted by Crippen LogP contribution is 2.31. The Hall–Kier alpha value is -1.37. The van der Waals surface area contributed by atoms with Gasteiger partial charge in [0.25, 0.3) is 5.91 Å². The second kappa shape index (κ2) is 7.26. The van der Waals surface area contributed by atoms with E-state index in [2.05, 4.69) is 5.43 Å². The molecule has 1 fully saturated rings. The Morgan fingerprint density at radius 2 is 2.05 bits per heavy atom. The van der Waals surface area contributed by atoms with E-state index in [4.69, 9.17) is 23.8 Å². The second-order valence-electron chi connectivity index (χ2n) is 5.20. The highest BCUT2D eigenvalue weighted by molar-refractivity contribution is 8.26. The van der Waals surface area contributed by atoms with E-state index in [-0.39, 0.29) is 17.7 Å². The van der Waals surface area contributed by atoms with Gasteiger partial charge in [0.1, 0.15) is 0 Å². The van der Waals surface area contributed by atoms with Crippen molar-refractivity contribution >= 4 is 57.8 Å². The summed E-state index contributed by atoms with van der Waals surface area (Å²) in [6, 6.07) is 7.12. The lowest BCUT2D eigenvalue weighted by Gasteiger charge is -2.16. The van der Waals surface area contributed by atoms with E-state index >= 15 is 0 Å². The van der Waals surface area contributed by atoms with E-state index in [0.29, 0.717) is 20.7 Å². The van der Waals surface area contributed by atoms with Crippen molar-refractivity contribution in [1.82, 2.24) is 10.4 Å². The Bertz CT molecular complexity index is 641. The predicted octanol–water partition coefficient (Wildman–Crippen LogP) is 3.62. The molecule has 0 aliphatic carbocycles. The standard InChI is InChI=1S/C15H15ClN2O2S2/c1-9(2)7-13(19)17-18-14(20)12(22-15(18)21)8-10-3-5-11(16)6-4-10/h3-6,8-9H,7H2,1-2H3,(H,17,19)/b12-8-. The number of thioether (sulfide) groups is 1. The van der Waals surface area contributed by atoms with Crippen LogP contribution < -0.4 is 5.43 Å². The summed E-state index contributed by atoms with van der Waals surface area (Å²) in [5.41, 5.74) is 3.40. The van der Waals surface area contributed by atoms with Crippen molar-refractivity contribution < 1.29 is 9.59 Å². The molecule has 1 aromatic rings. The third kappa shape index (κ3) is 4.32. The maximum absolute atomic E-state index is 12.3. The van der Waals surface area contributed by atoms with Crippen molar-refractivity contribution in [1.29, 1.82) is 0 Å². The number of carbonyl (C=O) groups excluding carboxylic acids is 2. The molecule has 2 rings (SSSR count). The zero-order valence-corrected chi connectivity index (χ0v) is 14.5. The molecule has 0 saturated carbocycles. The first-order chi connectivity index (χ1) is 10.4.